The third-order valence-corrected chi connectivity index (χ3v) is 5.95. The summed E-state index contributed by atoms with van der Waals surface area (Å²) >= 11 is 1.52. The highest BCUT2D eigenvalue weighted by molar-refractivity contribution is 7.91. The van der Waals surface area contributed by atoms with Crippen LogP contribution in [0.15, 0.2) is 17.5 Å². The summed E-state index contributed by atoms with van der Waals surface area (Å²) in [5.41, 5.74) is 5.58. The molecule has 21 heavy (non-hydrogen) atoms. The fourth-order valence-corrected chi connectivity index (χ4v) is 4.54. The molecule has 1 fully saturated rings. The SMILES string of the molecule is Cc1ccsc1/C=C/C(=O)NNC(=O)[C@H]1CCS(=O)(=O)C1. The van der Waals surface area contributed by atoms with Crippen molar-refractivity contribution in [3.8, 4) is 0 Å². The first-order valence-electron chi connectivity index (χ1n) is 6.40. The van der Waals surface area contributed by atoms with Crippen molar-refractivity contribution in [2.45, 2.75) is 13.3 Å². The Bertz CT molecular complexity index is 676. The summed E-state index contributed by atoms with van der Waals surface area (Å²) in [6.45, 7) is 1.94. The molecule has 0 radical (unpaired) electrons. The Morgan fingerprint density at radius 3 is 2.71 bits per heavy atom. The lowest BCUT2D eigenvalue weighted by Gasteiger charge is -2.09. The van der Waals surface area contributed by atoms with Crippen molar-refractivity contribution < 1.29 is 18.0 Å². The number of carbonyl (C=O) groups excluding carboxylic acids is 2. The molecule has 0 unspecified atom stereocenters. The van der Waals surface area contributed by atoms with Gasteiger partial charge in [0, 0.05) is 11.0 Å². The summed E-state index contributed by atoms with van der Waals surface area (Å²) in [6, 6.07) is 1.95. The molecule has 2 rings (SSSR count). The normalized spacial score (nSPS) is 20.5. The van der Waals surface area contributed by atoms with Gasteiger partial charge in [0.1, 0.15) is 0 Å². The van der Waals surface area contributed by atoms with E-state index in [2.05, 4.69) is 10.9 Å². The summed E-state index contributed by atoms with van der Waals surface area (Å²) in [5, 5.41) is 1.93. The predicted octanol–water partition coefficient (Wildman–Crippen LogP) is 0.652. The Kier molecular flexibility index (Phi) is 4.79. The van der Waals surface area contributed by atoms with Crippen molar-refractivity contribution in [3.63, 3.8) is 0 Å². The second-order valence-electron chi connectivity index (χ2n) is 4.88. The van der Waals surface area contributed by atoms with Gasteiger partial charge in [-0.2, -0.15) is 0 Å². The molecule has 0 spiro atoms. The molecule has 1 aliphatic heterocycles. The van der Waals surface area contributed by atoms with Crippen LogP contribution in [0.5, 0.6) is 0 Å². The highest BCUT2D eigenvalue weighted by Crippen LogP contribution is 2.18. The molecule has 0 aromatic carbocycles. The molecule has 1 aromatic heterocycles. The number of sulfone groups is 1. The molecular weight excluding hydrogens is 312 g/mol. The monoisotopic (exact) mass is 328 g/mol. The van der Waals surface area contributed by atoms with Gasteiger partial charge in [-0.1, -0.05) is 0 Å². The Hall–Kier alpha value is -1.67. The van der Waals surface area contributed by atoms with Gasteiger partial charge in [0.15, 0.2) is 9.84 Å². The maximum absolute atomic E-state index is 11.7. The van der Waals surface area contributed by atoms with Gasteiger partial charge >= 0.3 is 0 Å². The molecule has 114 valence electrons. The number of hydrogen-bond acceptors (Lipinski definition) is 5. The van der Waals surface area contributed by atoms with Crippen LogP contribution in [0.4, 0.5) is 0 Å². The molecule has 0 saturated carbocycles. The lowest BCUT2D eigenvalue weighted by atomic mass is 10.1. The van der Waals surface area contributed by atoms with Crippen molar-refractivity contribution in [3.05, 3.63) is 28.0 Å². The number of nitrogens with one attached hydrogen (secondary N) is 2. The van der Waals surface area contributed by atoms with Gasteiger partial charge in [-0.05, 0) is 36.4 Å². The van der Waals surface area contributed by atoms with Crippen LogP contribution in [0.3, 0.4) is 0 Å². The smallest absolute Gasteiger partial charge is 0.262 e. The molecule has 1 aromatic rings. The van der Waals surface area contributed by atoms with Crippen molar-refractivity contribution in [1.82, 2.24) is 10.9 Å². The summed E-state index contributed by atoms with van der Waals surface area (Å²) in [4.78, 5) is 24.3. The first-order chi connectivity index (χ1) is 9.87. The average Bonchev–Trinajstić information content (AvgIpc) is 2.99. The first-order valence-corrected chi connectivity index (χ1v) is 9.10. The second-order valence-corrected chi connectivity index (χ2v) is 8.06. The van der Waals surface area contributed by atoms with Crippen LogP contribution in [0.2, 0.25) is 0 Å². The number of amides is 2. The maximum atomic E-state index is 11.7. The zero-order chi connectivity index (χ0) is 15.5. The van der Waals surface area contributed by atoms with E-state index in [9.17, 15) is 18.0 Å². The molecule has 1 atom stereocenters. The molecule has 0 aliphatic carbocycles. The quantitative estimate of drug-likeness (QED) is 0.629. The average molecular weight is 328 g/mol. The number of hydrogen-bond donors (Lipinski definition) is 2. The largest absolute Gasteiger partial charge is 0.273 e. The van der Waals surface area contributed by atoms with Crippen LogP contribution in [0.25, 0.3) is 6.08 Å². The lowest BCUT2D eigenvalue weighted by Crippen LogP contribution is -2.44. The predicted molar refractivity (Wildman–Crippen MR) is 81.1 cm³/mol. The van der Waals surface area contributed by atoms with E-state index < -0.39 is 27.6 Å². The van der Waals surface area contributed by atoms with Gasteiger partial charge in [-0.3, -0.25) is 20.4 Å². The van der Waals surface area contributed by atoms with Crippen LogP contribution in [0, 0.1) is 12.8 Å². The zero-order valence-electron chi connectivity index (χ0n) is 11.5. The van der Waals surface area contributed by atoms with E-state index in [0.29, 0.717) is 6.42 Å². The van der Waals surface area contributed by atoms with Crippen LogP contribution in [-0.2, 0) is 19.4 Å². The maximum Gasteiger partial charge on any atom is 0.262 e. The van der Waals surface area contributed by atoms with E-state index in [0.717, 1.165) is 10.4 Å². The third-order valence-electron chi connectivity index (χ3n) is 3.20. The molecule has 6 nitrogen and oxygen atoms in total. The van der Waals surface area contributed by atoms with Crippen LogP contribution >= 0.6 is 11.3 Å². The molecular formula is C13H16N2O4S2. The Labute approximate surface area is 127 Å². The van der Waals surface area contributed by atoms with Gasteiger partial charge in [0.05, 0.1) is 17.4 Å². The van der Waals surface area contributed by atoms with E-state index in [1.807, 2.05) is 18.4 Å². The highest BCUT2D eigenvalue weighted by atomic mass is 32.2. The molecule has 8 heteroatoms. The number of carbonyl (C=O) groups is 2. The number of aryl methyl sites for hydroxylation is 1. The fourth-order valence-electron chi connectivity index (χ4n) is 1.98. The van der Waals surface area contributed by atoms with Crippen molar-refractivity contribution in [1.29, 1.82) is 0 Å². The van der Waals surface area contributed by atoms with Gasteiger partial charge in [0.25, 0.3) is 5.91 Å². The third kappa shape index (κ3) is 4.40. The zero-order valence-corrected chi connectivity index (χ0v) is 13.1. The first kappa shape index (κ1) is 15.7. The Balaban J connectivity index is 1.80. The number of rotatable bonds is 3. The summed E-state index contributed by atoms with van der Waals surface area (Å²) in [5.74, 6) is -1.64. The van der Waals surface area contributed by atoms with E-state index >= 15 is 0 Å². The van der Waals surface area contributed by atoms with E-state index in [-0.39, 0.29) is 11.5 Å². The van der Waals surface area contributed by atoms with E-state index in [1.165, 1.54) is 17.4 Å². The van der Waals surface area contributed by atoms with Gasteiger partial charge in [-0.15, -0.1) is 11.3 Å². The summed E-state index contributed by atoms with van der Waals surface area (Å²) in [7, 11) is -3.11. The van der Waals surface area contributed by atoms with Crippen LogP contribution < -0.4 is 10.9 Å². The highest BCUT2D eigenvalue weighted by Gasteiger charge is 2.32. The summed E-state index contributed by atoms with van der Waals surface area (Å²) in [6.07, 6.45) is 3.29. The topological polar surface area (TPSA) is 92.3 Å². The minimum absolute atomic E-state index is 0.0244. The van der Waals surface area contributed by atoms with Gasteiger partial charge in [-0.25, -0.2) is 8.42 Å². The van der Waals surface area contributed by atoms with Crippen molar-refractivity contribution in [2.75, 3.05) is 11.5 Å². The molecule has 0 bridgehead atoms. The van der Waals surface area contributed by atoms with Crippen LogP contribution in [0.1, 0.15) is 16.9 Å². The van der Waals surface area contributed by atoms with E-state index in [1.54, 1.807) is 6.08 Å². The Morgan fingerprint density at radius 1 is 1.38 bits per heavy atom. The molecule has 2 amide bonds. The fraction of sp³-hybridized carbons (Fsp3) is 0.385. The van der Waals surface area contributed by atoms with Crippen LogP contribution in [-0.4, -0.2) is 31.7 Å². The van der Waals surface area contributed by atoms with E-state index in [4.69, 9.17) is 0 Å². The molecule has 1 saturated heterocycles. The van der Waals surface area contributed by atoms with Crippen molar-refractivity contribution in [2.24, 2.45) is 5.92 Å². The molecule has 1 aliphatic rings. The molecule has 2 N–H and O–H groups in total. The number of thiophene rings is 1. The minimum Gasteiger partial charge on any atom is -0.273 e. The van der Waals surface area contributed by atoms with Gasteiger partial charge in [0.2, 0.25) is 5.91 Å². The molecule has 2 heterocycles. The number of hydrazine groups is 1. The van der Waals surface area contributed by atoms with Crippen molar-refractivity contribution >= 4 is 39.1 Å². The second kappa shape index (κ2) is 6.40. The summed E-state index contributed by atoms with van der Waals surface area (Å²) < 4.78 is 22.5. The van der Waals surface area contributed by atoms with Gasteiger partial charge < -0.3 is 0 Å². The lowest BCUT2D eigenvalue weighted by molar-refractivity contribution is -0.129. The standard InChI is InChI=1S/C13H16N2O4S2/c1-9-4-6-20-11(9)2-3-12(16)14-15-13(17)10-5-7-21(18,19)8-10/h2-4,6,10H,5,7-8H2,1H3,(H,14,16)(H,15,17)/b3-2+/t10-/m0/s1. The Morgan fingerprint density at radius 2 is 2.14 bits per heavy atom. The minimum atomic E-state index is -3.11.